The fraction of sp³-hybridized carbons (Fsp3) is 0.533. The third kappa shape index (κ3) is 5.75. The highest BCUT2D eigenvalue weighted by Crippen LogP contribution is 2.20. The minimum Gasteiger partial charge on any atom is -0.389 e. The number of nitrogens with two attached hydrogens (primary N) is 1. The molecule has 1 rings (SSSR count). The summed E-state index contributed by atoms with van der Waals surface area (Å²) in [4.78, 5) is 4.99. The topological polar surface area (TPSA) is 32.5 Å². The molecule has 0 saturated heterocycles. The third-order valence-corrected chi connectivity index (χ3v) is 3.85. The predicted octanol–water partition coefficient (Wildman–Crippen LogP) is 2.75. The fourth-order valence-corrected chi connectivity index (χ4v) is 2.40. The van der Waals surface area contributed by atoms with E-state index in [0.717, 1.165) is 48.7 Å². The molecule has 2 N–H and O–H groups in total. The van der Waals surface area contributed by atoms with E-state index in [0.29, 0.717) is 4.99 Å². The van der Waals surface area contributed by atoms with Gasteiger partial charge in [-0.15, -0.1) is 0 Å². The van der Waals surface area contributed by atoms with Gasteiger partial charge in [0, 0.05) is 17.1 Å². The molecule has 0 aliphatic heterocycles. The van der Waals surface area contributed by atoms with E-state index >= 15 is 0 Å². The second-order valence-corrected chi connectivity index (χ2v) is 6.04. The van der Waals surface area contributed by atoms with E-state index in [1.54, 1.807) is 0 Å². The van der Waals surface area contributed by atoms with Crippen LogP contribution >= 0.6 is 23.8 Å². The Morgan fingerprint density at radius 1 is 1.30 bits per heavy atom. The van der Waals surface area contributed by atoms with E-state index in [2.05, 4.69) is 30.8 Å². The van der Waals surface area contributed by atoms with E-state index in [-0.39, 0.29) is 0 Å². The highest BCUT2D eigenvalue weighted by atomic mass is 35.5. The van der Waals surface area contributed by atoms with Gasteiger partial charge in [0.1, 0.15) is 4.99 Å². The summed E-state index contributed by atoms with van der Waals surface area (Å²) in [5.41, 5.74) is 7.56. The summed E-state index contributed by atoms with van der Waals surface area (Å²) in [7, 11) is 4.20. The van der Waals surface area contributed by atoms with Gasteiger partial charge in [0.2, 0.25) is 0 Å². The Morgan fingerprint density at radius 2 is 2.00 bits per heavy atom. The molecule has 1 aromatic carbocycles. The highest BCUT2D eigenvalue weighted by Gasteiger charge is 2.08. The number of hydrogen-bond donors (Lipinski definition) is 1. The van der Waals surface area contributed by atoms with Crippen LogP contribution in [-0.4, -0.2) is 48.5 Å². The molecule has 0 amide bonds. The maximum atomic E-state index is 6.31. The number of rotatable bonds is 8. The van der Waals surface area contributed by atoms with Crippen LogP contribution < -0.4 is 5.73 Å². The van der Waals surface area contributed by atoms with E-state index in [9.17, 15) is 0 Å². The predicted molar refractivity (Wildman–Crippen MR) is 91.5 cm³/mol. The van der Waals surface area contributed by atoms with Gasteiger partial charge >= 0.3 is 0 Å². The van der Waals surface area contributed by atoms with Gasteiger partial charge in [-0.25, -0.2) is 0 Å². The lowest BCUT2D eigenvalue weighted by Crippen LogP contribution is -2.27. The number of hydrogen-bond acceptors (Lipinski definition) is 3. The summed E-state index contributed by atoms with van der Waals surface area (Å²) in [6.07, 6.45) is 1.16. The standard InChI is InChI=1S/C15H24ClN3S/c1-4-19(9-5-8-18(2)3)11-13-7-6-12(15(17)20)10-14(13)16/h6-7,10H,4-5,8-9,11H2,1-3H3,(H2,17,20). The van der Waals surface area contributed by atoms with Crippen LogP contribution in [0.5, 0.6) is 0 Å². The van der Waals surface area contributed by atoms with Crippen molar-refractivity contribution in [1.82, 2.24) is 9.80 Å². The van der Waals surface area contributed by atoms with E-state index in [4.69, 9.17) is 29.6 Å². The zero-order chi connectivity index (χ0) is 15.1. The quantitative estimate of drug-likeness (QED) is 0.748. The second-order valence-electron chi connectivity index (χ2n) is 5.20. The molecule has 0 spiro atoms. The molecule has 0 unspecified atom stereocenters. The molecule has 5 heteroatoms. The minimum absolute atomic E-state index is 0.386. The van der Waals surface area contributed by atoms with E-state index in [1.807, 2.05) is 18.2 Å². The molecular formula is C15H24ClN3S. The Morgan fingerprint density at radius 3 is 2.50 bits per heavy atom. The van der Waals surface area contributed by atoms with Crippen molar-refractivity contribution in [3.05, 3.63) is 34.3 Å². The van der Waals surface area contributed by atoms with Gasteiger partial charge in [0.15, 0.2) is 0 Å². The molecule has 0 fully saturated rings. The van der Waals surface area contributed by atoms with Crippen molar-refractivity contribution in [1.29, 1.82) is 0 Å². The second kappa shape index (κ2) is 8.57. The van der Waals surface area contributed by atoms with Crippen molar-refractivity contribution in [2.45, 2.75) is 19.9 Å². The van der Waals surface area contributed by atoms with Gasteiger partial charge in [-0.05, 0) is 51.8 Å². The molecule has 0 heterocycles. The molecule has 3 nitrogen and oxygen atoms in total. The third-order valence-electron chi connectivity index (χ3n) is 3.26. The van der Waals surface area contributed by atoms with Crippen molar-refractivity contribution in [2.24, 2.45) is 5.73 Å². The zero-order valence-electron chi connectivity index (χ0n) is 12.5. The molecule has 20 heavy (non-hydrogen) atoms. The first-order chi connectivity index (χ1) is 9.43. The normalized spacial score (nSPS) is 11.3. The van der Waals surface area contributed by atoms with Crippen LogP contribution in [0, 0.1) is 0 Å². The summed E-state index contributed by atoms with van der Waals surface area (Å²) in [6.45, 7) is 6.22. The summed E-state index contributed by atoms with van der Waals surface area (Å²) in [6, 6.07) is 5.82. The number of thiocarbonyl (C=S) groups is 1. The average molecular weight is 314 g/mol. The van der Waals surface area contributed by atoms with Crippen molar-refractivity contribution >= 4 is 28.8 Å². The van der Waals surface area contributed by atoms with Gasteiger partial charge in [-0.3, -0.25) is 4.90 Å². The van der Waals surface area contributed by atoms with Gasteiger partial charge in [0.25, 0.3) is 0 Å². The lowest BCUT2D eigenvalue weighted by molar-refractivity contribution is 0.259. The Kier molecular flexibility index (Phi) is 7.45. The van der Waals surface area contributed by atoms with Crippen molar-refractivity contribution in [2.75, 3.05) is 33.7 Å². The maximum absolute atomic E-state index is 6.31. The molecule has 0 atom stereocenters. The van der Waals surface area contributed by atoms with Gasteiger partial charge < -0.3 is 10.6 Å². The first-order valence-electron chi connectivity index (χ1n) is 6.89. The molecule has 0 radical (unpaired) electrons. The molecule has 0 aromatic heterocycles. The molecule has 0 saturated carbocycles. The van der Waals surface area contributed by atoms with Crippen LogP contribution in [0.25, 0.3) is 0 Å². The van der Waals surface area contributed by atoms with Crippen molar-refractivity contribution in [3.8, 4) is 0 Å². The molecule has 1 aromatic rings. The highest BCUT2D eigenvalue weighted by molar-refractivity contribution is 7.80. The molecule has 0 bridgehead atoms. The van der Waals surface area contributed by atoms with Crippen LogP contribution in [0.2, 0.25) is 5.02 Å². The van der Waals surface area contributed by atoms with Gasteiger partial charge in [-0.1, -0.05) is 42.9 Å². The van der Waals surface area contributed by atoms with E-state index < -0.39 is 0 Å². The molecular weight excluding hydrogens is 290 g/mol. The molecule has 0 aliphatic rings. The number of nitrogens with zero attached hydrogens (tertiary/aromatic N) is 2. The van der Waals surface area contributed by atoms with Crippen LogP contribution in [-0.2, 0) is 6.54 Å². The van der Waals surface area contributed by atoms with Crippen molar-refractivity contribution in [3.63, 3.8) is 0 Å². The average Bonchev–Trinajstić information content (AvgIpc) is 2.38. The van der Waals surface area contributed by atoms with Crippen LogP contribution in [0.4, 0.5) is 0 Å². The molecule has 112 valence electrons. The lowest BCUT2D eigenvalue weighted by Gasteiger charge is -2.22. The fourth-order valence-electron chi connectivity index (χ4n) is 2.03. The molecule has 0 aliphatic carbocycles. The maximum Gasteiger partial charge on any atom is 0.104 e. The summed E-state index contributed by atoms with van der Waals surface area (Å²) in [5.74, 6) is 0. The van der Waals surface area contributed by atoms with Crippen LogP contribution in [0.15, 0.2) is 18.2 Å². The Labute approximate surface area is 132 Å². The van der Waals surface area contributed by atoms with Crippen LogP contribution in [0.3, 0.4) is 0 Å². The minimum atomic E-state index is 0.386. The monoisotopic (exact) mass is 313 g/mol. The van der Waals surface area contributed by atoms with Crippen LogP contribution in [0.1, 0.15) is 24.5 Å². The van der Waals surface area contributed by atoms with E-state index in [1.165, 1.54) is 0 Å². The Bertz CT molecular complexity index is 449. The Hall–Kier alpha value is -0.680. The first-order valence-corrected chi connectivity index (χ1v) is 7.68. The number of halogens is 1. The Balaban J connectivity index is 2.63. The largest absolute Gasteiger partial charge is 0.389 e. The number of benzene rings is 1. The van der Waals surface area contributed by atoms with Gasteiger partial charge in [0.05, 0.1) is 0 Å². The summed E-state index contributed by atoms with van der Waals surface area (Å²) < 4.78 is 0. The smallest absolute Gasteiger partial charge is 0.104 e. The lowest BCUT2D eigenvalue weighted by atomic mass is 10.1. The van der Waals surface area contributed by atoms with Crippen molar-refractivity contribution < 1.29 is 0 Å². The SMILES string of the molecule is CCN(CCCN(C)C)Cc1ccc(C(N)=S)cc1Cl. The first kappa shape index (κ1) is 17.4. The summed E-state index contributed by atoms with van der Waals surface area (Å²) >= 11 is 11.3. The van der Waals surface area contributed by atoms with Gasteiger partial charge in [-0.2, -0.15) is 0 Å². The zero-order valence-corrected chi connectivity index (χ0v) is 14.1. The summed E-state index contributed by atoms with van der Waals surface area (Å²) in [5, 5.41) is 0.737.